The van der Waals surface area contributed by atoms with Crippen molar-refractivity contribution in [3.8, 4) is 0 Å². The van der Waals surface area contributed by atoms with Crippen molar-refractivity contribution in [1.29, 1.82) is 0 Å². The molecule has 0 atom stereocenters. The molecule has 0 saturated heterocycles. The number of hydrogen-bond acceptors (Lipinski definition) is 4. The van der Waals surface area contributed by atoms with Crippen LogP contribution in [0.5, 0.6) is 0 Å². The van der Waals surface area contributed by atoms with E-state index in [1.165, 1.54) is 0 Å². The molecule has 0 radical (unpaired) electrons. The second-order valence-electron chi connectivity index (χ2n) is 2.76. The Hall–Kier alpha value is -0.320. The number of Topliss-reactive ketones (excluding diaryl/α,β-unsaturated/α-hetero) is 1. The van der Waals surface area contributed by atoms with Gasteiger partial charge in [-0.25, -0.2) is 4.79 Å². The molecule has 78 valence electrons. The Morgan fingerprint density at radius 1 is 1.14 bits per heavy atom. The Kier molecular flexibility index (Phi) is 10.6. The molecule has 0 rings (SSSR count). The summed E-state index contributed by atoms with van der Waals surface area (Å²) in [6.45, 7) is 3.09. The van der Waals surface area contributed by atoms with Crippen molar-refractivity contribution in [2.24, 2.45) is 0 Å². The summed E-state index contributed by atoms with van der Waals surface area (Å²) in [5.74, 6) is -2.40. The minimum absolute atomic E-state index is 0. The predicted molar refractivity (Wildman–Crippen MR) is 45.9 cm³/mol. The van der Waals surface area contributed by atoms with E-state index in [1.54, 1.807) is 0 Å². The minimum atomic E-state index is -1.04. The Morgan fingerprint density at radius 3 is 2.14 bits per heavy atom. The van der Waals surface area contributed by atoms with Gasteiger partial charge in [0.05, 0.1) is 0 Å². The zero-order chi connectivity index (χ0) is 10.3. The van der Waals surface area contributed by atoms with Crippen LogP contribution in [0.25, 0.3) is 0 Å². The Bertz CT molecular complexity index is 213. The van der Waals surface area contributed by atoms with E-state index in [0.717, 1.165) is 19.8 Å². The van der Waals surface area contributed by atoms with Gasteiger partial charge < -0.3 is 4.74 Å². The molecular weight excluding hydrogens is 351 g/mol. The van der Waals surface area contributed by atoms with Gasteiger partial charge in [-0.2, -0.15) is 0 Å². The van der Waals surface area contributed by atoms with E-state index in [1.807, 2.05) is 6.92 Å². The molecule has 0 aromatic heterocycles. The van der Waals surface area contributed by atoms with Crippen molar-refractivity contribution in [2.75, 3.05) is 0 Å². The van der Waals surface area contributed by atoms with Gasteiger partial charge in [-0.15, -0.1) is 0 Å². The number of ether oxygens (including phenoxy) is 1. The Balaban J connectivity index is 0. The van der Waals surface area contributed by atoms with Crippen LogP contribution < -0.4 is 0 Å². The van der Waals surface area contributed by atoms with Crippen molar-refractivity contribution in [1.82, 2.24) is 0 Å². The standard InChI is InChI=1S/C9H14O4.Hf/c1-3-4-5-6-8(11)9(12)13-7(2)10;/h3-6H2,1-2H3;. The number of unbranched alkanes of at least 4 members (excludes halogenated alkanes) is 2. The maximum Gasteiger partial charge on any atom is 0.382 e. The minimum Gasteiger partial charge on any atom is -0.387 e. The molecule has 0 unspecified atom stereocenters. The molecule has 0 aromatic rings. The maximum absolute atomic E-state index is 10.9. The zero-order valence-electron chi connectivity index (χ0n) is 8.46. The van der Waals surface area contributed by atoms with E-state index in [4.69, 9.17) is 0 Å². The molecular formula is C9H14HfO4. The van der Waals surface area contributed by atoms with Crippen LogP contribution in [-0.4, -0.2) is 17.7 Å². The van der Waals surface area contributed by atoms with Crippen LogP contribution in [0.3, 0.4) is 0 Å². The number of carbonyl (C=O) groups is 3. The average molecular weight is 365 g/mol. The van der Waals surface area contributed by atoms with Crippen molar-refractivity contribution < 1.29 is 45.0 Å². The summed E-state index contributed by atoms with van der Waals surface area (Å²) < 4.78 is 4.12. The number of rotatable bonds is 5. The first-order chi connectivity index (χ1) is 6.07. The first kappa shape index (κ1) is 16.1. The quantitative estimate of drug-likeness (QED) is 0.242. The van der Waals surface area contributed by atoms with Gasteiger partial charge in [0, 0.05) is 39.2 Å². The molecule has 0 aliphatic rings. The Morgan fingerprint density at radius 2 is 1.71 bits per heavy atom. The van der Waals surface area contributed by atoms with Gasteiger partial charge in [0.2, 0.25) is 5.78 Å². The van der Waals surface area contributed by atoms with Crippen molar-refractivity contribution in [3.05, 3.63) is 0 Å². The van der Waals surface area contributed by atoms with Gasteiger partial charge in [0.1, 0.15) is 0 Å². The summed E-state index contributed by atoms with van der Waals surface area (Å²) in [5, 5.41) is 0. The summed E-state index contributed by atoms with van der Waals surface area (Å²) in [7, 11) is 0. The van der Waals surface area contributed by atoms with Crippen molar-refractivity contribution in [3.63, 3.8) is 0 Å². The van der Waals surface area contributed by atoms with E-state index in [0.29, 0.717) is 6.42 Å². The van der Waals surface area contributed by atoms with Crippen LogP contribution in [-0.2, 0) is 45.0 Å². The van der Waals surface area contributed by atoms with Crippen molar-refractivity contribution in [2.45, 2.75) is 39.5 Å². The van der Waals surface area contributed by atoms with Gasteiger partial charge in [0.15, 0.2) is 0 Å². The largest absolute Gasteiger partial charge is 0.387 e. The molecule has 0 aliphatic heterocycles. The first-order valence-corrected chi connectivity index (χ1v) is 4.33. The van der Waals surface area contributed by atoms with Crippen LogP contribution in [0, 0.1) is 0 Å². The molecule has 0 saturated carbocycles. The second-order valence-corrected chi connectivity index (χ2v) is 2.76. The fourth-order valence-corrected chi connectivity index (χ4v) is 0.825. The topological polar surface area (TPSA) is 60.4 Å². The SMILES string of the molecule is CCCCCC(=O)C(=O)OC(C)=O.[Hf]. The van der Waals surface area contributed by atoms with Gasteiger partial charge in [-0.05, 0) is 6.42 Å². The maximum atomic E-state index is 10.9. The fourth-order valence-electron chi connectivity index (χ4n) is 0.825. The molecule has 0 heterocycles. The number of ketones is 1. The number of carbonyl (C=O) groups excluding carboxylic acids is 3. The van der Waals surface area contributed by atoms with Gasteiger partial charge in [0.25, 0.3) is 0 Å². The molecule has 0 bridgehead atoms. The second kappa shape index (κ2) is 9.24. The summed E-state index contributed by atoms with van der Waals surface area (Å²) in [5.41, 5.74) is 0. The predicted octanol–water partition coefficient (Wildman–Crippen LogP) is 1.22. The van der Waals surface area contributed by atoms with Gasteiger partial charge in [-0.3, -0.25) is 9.59 Å². The number of esters is 2. The van der Waals surface area contributed by atoms with E-state index in [-0.39, 0.29) is 32.3 Å². The molecule has 0 aromatic carbocycles. The molecule has 0 fully saturated rings. The van der Waals surface area contributed by atoms with Gasteiger partial charge in [-0.1, -0.05) is 19.8 Å². The van der Waals surface area contributed by atoms with Gasteiger partial charge >= 0.3 is 11.9 Å². The number of hydrogen-bond donors (Lipinski definition) is 0. The molecule has 0 amide bonds. The van der Waals surface area contributed by atoms with E-state index in [9.17, 15) is 14.4 Å². The third-order valence-corrected chi connectivity index (χ3v) is 1.47. The summed E-state index contributed by atoms with van der Waals surface area (Å²) in [6.07, 6.45) is 2.72. The summed E-state index contributed by atoms with van der Waals surface area (Å²) in [4.78, 5) is 32.0. The van der Waals surface area contributed by atoms with E-state index >= 15 is 0 Å². The first-order valence-electron chi connectivity index (χ1n) is 4.33. The van der Waals surface area contributed by atoms with E-state index in [2.05, 4.69) is 4.74 Å². The fraction of sp³-hybridized carbons (Fsp3) is 0.667. The van der Waals surface area contributed by atoms with Crippen LogP contribution in [0.2, 0.25) is 0 Å². The van der Waals surface area contributed by atoms with E-state index < -0.39 is 17.7 Å². The average Bonchev–Trinajstić information content (AvgIpc) is 2.03. The van der Waals surface area contributed by atoms with Crippen LogP contribution in [0.15, 0.2) is 0 Å². The Labute approximate surface area is 102 Å². The summed E-state index contributed by atoms with van der Waals surface area (Å²) in [6, 6.07) is 0. The third kappa shape index (κ3) is 8.29. The molecule has 4 nitrogen and oxygen atoms in total. The molecule has 0 N–H and O–H groups in total. The third-order valence-electron chi connectivity index (χ3n) is 1.47. The van der Waals surface area contributed by atoms with Crippen LogP contribution in [0.1, 0.15) is 39.5 Å². The smallest absolute Gasteiger partial charge is 0.382 e. The molecule has 0 aliphatic carbocycles. The van der Waals surface area contributed by atoms with Crippen molar-refractivity contribution >= 4 is 17.7 Å². The summed E-state index contributed by atoms with van der Waals surface area (Å²) >= 11 is 0. The zero-order valence-corrected chi connectivity index (χ0v) is 12.1. The van der Waals surface area contributed by atoms with Crippen LogP contribution in [0.4, 0.5) is 0 Å². The van der Waals surface area contributed by atoms with Crippen LogP contribution >= 0.6 is 0 Å². The molecule has 14 heavy (non-hydrogen) atoms. The molecule has 0 spiro atoms. The monoisotopic (exact) mass is 366 g/mol. The normalized spacial score (nSPS) is 8.71. The molecule has 5 heteroatoms.